The number of hydrogen-bond donors (Lipinski definition) is 1. The van der Waals surface area contributed by atoms with Crippen LogP contribution >= 0.6 is 0 Å². The van der Waals surface area contributed by atoms with E-state index in [4.69, 9.17) is 4.74 Å². The van der Waals surface area contributed by atoms with Gasteiger partial charge in [0, 0.05) is 11.6 Å². The summed E-state index contributed by atoms with van der Waals surface area (Å²) in [4.78, 5) is 2.31. The normalized spacial score (nSPS) is 21.4. The Hall–Kier alpha value is -1.06. The van der Waals surface area contributed by atoms with Crippen LogP contribution in [-0.4, -0.2) is 38.7 Å². The number of piperidine rings is 1. The predicted molar refractivity (Wildman–Crippen MR) is 79.8 cm³/mol. The average Bonchev–Trinajstić information content (AvgIpc) is 2.40. The number of nitrogens with one attached hydrogen (secondary N) is 1. The van der Waals surface area contributed by atoms with Crippen molar-refractivity contribution in [3.63, 3.8) is 0 Å². The Labute approximate surface area is 116 Å². The molecule has 3 heteroatoms. The van der Waals surface area contributed by atoms with Gasteiger partial charge >= 0.3 is 0 Å². The first-order valence-electron chi connectivity index (χ1n) is 7.18. The van der Waals surface area contributed by atoms with Crippen molar-refractivity contribution in [3.8, 4) is 5.75 Å². The van der Waals surface area contributed by atoms with E-state index in [2.05, 4.69) is 49.4 Å². The van der Waals surface area contributed by atoms with Crippen molar-refractivity contribution in [2.24, 2.45) is 0 Å². The van der Waals surface area contributed by atoms with Crippen LogP contribution in [0.1, 0.15) is 36.4 Å². The number of rotatable bonds is 4. The van der Waals surface area contributed by atoms with E-state index in [1.54, 1.807) is 7.11 Å². The minimum atomic E-state index is 0.371. The number of aryl methyl sites for hydroxylation is 1. The number of benzene rings is 1. The van der Waals surface area contributed by atoms with E-state index < -0.39 is 0 Å². The molecule has 2 rings (SSSR count). The molecule has 0 bridgehead atoms. The van der Waals surface area contributed by atoms with Crippen LogP contribution in [0.2, 0.25) is 0 Å². The van der Waals surface area contributed by atoms with Gasteiger partial charge in [-0.15, -0.1) is 0 Å². The van der Waals surface area contributed by atoms with Gasteiger partial charge in [0.1, 0.15) is 5.75 Å². The smallest absolute Gasteiger partial charge is 0.123 e. The van der Waals surface area contributed by atoms with E-state index in [-0.39, 0.29) is 0 Å². The number of hydrogen-bond acceptors (Lipinski definition) is 3. The summed E-state index contributed by atoms with van der Waals surface area (Å²) < 4.78 is 5.57. The van der Waals surface area contributed by atoms with Gasteiger partial charge in [0.15, 0.2) is 0 Å². The van der Waals surface area contributed by atoms with Crippen LogP contribution in [0.15, 0.2) is 18.2 Å². The largest absolute Gasteiger partial charge is 0.496 e. The van der Waals surface area contributed by atoms with E-state index in [1.807, 2.05) is 0 Å². The summed E-state index contributed by atoms with van der Waals surface area (Å²) in [6, 6.07) is 7.35. The highest BCUT2D eigenvalue weighted by atomic mass is 16.5. The average molecular weight is 262 g/mol. The van der Waals surface area contributed by atoms with Crippen molar-refractivity contribution >= 4 is 0 Å². The number of methoxy groups -OCH3 is 1. The maximum absolute atomic E-state index is 5.57. The lowest BCUT2D eigenvalue weighted by atomic mass is 9.90. The van der Waals surface area contributed by atoms with Gasteiger partial charge in [0.25, 0.3) is 0 Å². The standard InChI is InChI=1S/C16H26N2O/c1-12-8-9-15(19-4)13(11-12)16(18(2)3)14-7-5-6-10-17-14/h8-9,11,14,16-17H,5-7,10H2,1-4H3. The third-order valence-electron chi connectivity index (χ3n) is 3.99. The Morgan fingerprint density at radius 1 is 1.32 bits per heavy atom. The molecule has 1 heterocycles. The quantitative estimate of drug-likeness (QED) is 0.903. The fraction of sp³-hybridized carbons (Fsp3) is 0.625. The monoisotopic (exact) mass is 262 g/mol. The van der Waals surface area contributed by atoms with Gasteiger partial charge in [0.05, 0.1) is 13.2 Å². The topological polar surface area (TPSA) is 24.5 Å². The summed E-state index contributed by atoms with van der Waals surface area (Å²) in [6.07, 6.45) is 3.84. The van der Waals surface area contributed by atoms with Crippen LogP contribution in [-0.2, 0) is 0 Å². The molecule has 106 valence electrons. The minimum absolute atomic E-state index is 0.371. The summed E-state index contributed by atoms with van der Waals surface area (Å²) in [5.74, 6) is 0.997. The molecule has 0 saturated carbocycles. The first-order chi connectivity index (χ1) is 9.13. The fourth-order valence-corrected chi connectivity index (χ4v) is 3.09. The Balaban J connectivity index is 2.34. The van der Waals surface area contributed by atoms with Gasteiger partial charge in [0.2, 0.25) is 0 Å². The first kappa shape index (κ1) is 14.4. The minimum Gasteiger partial charge on any atom is -0.496 e. The predicted octanol–water partition coefficient (Wildman–Crippen LogP) is 2.75. The number of ether oxygens (including phenoxy) is 1. The van der Waals surface area contributed by atoms with Crippen molar-refractivity contribution in [3.05, 3.63) is 29.3 Å². The molecule has 0 radical (unpaired) electrons. The summed E-state index contributed by atoms with van der Waals surface area (Å²) in [5, 5.41) is 3.67. The summed E-state index contributed by atoms with van der Waals surface area (Å²) in [5.41, 5.74) is 2.59. The maximum Gasteiger partial charge on any atom is 0.123 e. The maximum atomic E-state index is 5.57. The van der Waals surface area contributed by atoms with E-state index in [0.29, 0.717) is 12.1 Å². The van der Waals surface area contributed by atoms with E-state index in [1.165, 1.54) is 30.4 Å². The lowest BCUT2D eigenvalue weighted by Crippen LogP contribution is -2.44. The molecule has 1 aromatic carbocycles. The van der Waals surface area contributed by atoms with Crippen LogP contribution in [0.25, 0.3) is 0 Å². The molecule has 0 spiro atoms. The molecule has 19 heavy (non-hydrogen) atoms. The highest BCUT2D eigenvalue weighted by Crippen LogP contribution is 2.33. The Morgan fingerprint density at radius 2 is 2.11 bits per heavy atom. The van der Waals surface area contributed by atoms with Crippen LogP contribution in [0.5, 0.6) is 5.75 Å². The molecule has 1 N–H and O–H groups in total. The number of nitrogens with zero attached hydrogens (tertiary/aromatic N) is 1. The summed E-state index contributed by atoms with van der Waals surface area (Å²) >= 11 is 0. The molecule has 1 fully saturated rings. The van der Waals surface area contributed by atoms with Crippen LogP contribution in [0.4, 0.5) is 0 Å². The SMILES string of the molecule is COc1ccc(C)cc1C(C1CCCCN1)N(C)C. The molecule has 1 aliphatic heterocycles. The van der Waals surface area contributed by atoms with Crippen molar-refractivity contribution in [2.75, 3.05) is 27.7 Å². The zero-order valence-electron chi connectivity index (χ0n) is 12.6. The molecule has 2 atom stereocenters. The van der Waals surface area contributed by atoms with Gasteiger partial charge < -0.3 is 15.0 Å². The molecular weight excluding hydrogens is 236 g/mol. The third-order valence-corrected chi connectivity index (χ3v) is 3.99. The Morgan fingerprint density at radius 3 is 2.68 bits per heavy atom. The first-order valence-corrected chi connectivity index (χ1v) is 7.18. The molecule has 1 aromatic rings. The summed E-state index contributed by atoms with van der Waals surface area (Å²) in [7, 11) is 6.07. The van der Waals surface area contributed by atoms with E-state index in [9.17, 15) is 0 Å². The Kier molecular flexibility index (Phi) is 4.83. The van der Waals surface area contributed by atoms with Gasteiger partial charge in [-0.25, -0.2) is 0 Å². The third kappa shape index (κ3) is 3.28. The second-order valence-corrected chi connectivity index (χ2v) is 5.71. The van der Waals surface area contributed by atoms with Crippen molar-refractivity contribution in [1.29, 1.82) is 0 Å². The molecule has 0 aromatic heterocycles. The van der Waals surface area contributed by atoms with Gasteiger partial charge in [-0.05, 0) is 46.5 Å². The van der Waals surface area contributed by atoms with Crippen LogP contribution < -0.4 is 10.1 Å². The van der Waals surface area contributed by atoms with Crippen LogP contribution in [0.3, 0.4) is 0 Å². The lowest BCUT2D eigenvalue weighted by molar-refractivity contribution is 0.200. The second kappa shape index (κ2) is 6.40. The van der Waals surface area contributed by atoms with Gasteiger partial charge in [-0.1, -0.05) is 24.1 Å². The zero-order chi connectivity index (χ0) is 13.8. The van der Waals surface area contributed by atoms with Crippen molar-refractivity contribution in [1.82, 2.24) is 10.2 Å². The van der Waals surface area contributed by atoms with Crippen molar-refractivity contribution < 1.29 is 4.74 Å². The molecule has 1 aliphatic rings. The van der Waals surface area contributed by atoms with Gasteiger partial charge in [-0.2, -0.15) is 0 Å². The summed E-state index contributed by atoms with van der Waals surface area (Å²) in [6.45, 7) is 3.27. The molecule has 3 nitrogen and oxygen atoms in total. The molecule has 1 saturated heterocycles. The lowest BCUT2D eigenvalue weighted by Gasteiger charge is -2.36. The van der Waals surface area contributed by atoms with Crippen LogP contribution in [0, 0.1) is 6.92 Å². The highest BCUT2D eigenvalue weighted by Gasteiger charge is 2.28. The Bertz CT molecular complexity index is 411. The molecular formula is C16H26N2O. The molecule has 0 amide bonds. The fourth-order valence-electron chi connectivity index (χ4n) is 3.09. The van der Waals surface area contributed by atoms with Crippen molar-refractivity contribution in [2.45, 2.75) is 38.3 Å². The highest BCUT2D eigenvalue weighted by molar-refractivity contribution is 5.40. The van der Waals surface area contributed by atoms with Gasteiger partial charge in [-0.3, -0.25) is 0 Å². The van der Waals surface area contributed by atoms with E-state index in [0.717, 1.165) is 12.3 Å². The molecule has 2 unspecified atom stereocenters. The second-order valence-electron chi connectivity index (χ2n) is 5.71. The molecule has 0 aliphatic carbocycles. The zero-order valence-corrected chi connectivity index (χ0v) is 12.6. The van der Waals surface area contributed by atoms with E-state index >= 15 is 0 Å². The number of likely N-dealkylation sites (N-methyl/N-ethyl adjacent to an activating group) is 1.